The van der Waals surface area contributed by atoms with Gasteiger partial charge in [0.1, 0.15) is 23.9 Å². The molecule has 3 heterocycles. The molecule has 1 aromatic carbocycles. The van der Waals surface area contributed by atoms with Gasteiger partial charge in [-0.1, -0.05) is 12.8 Å². The van der Waals surface area contributed by atoms with Crippen LogP contribution in [0.3, 0.4) is 0 Å². The standard InChI is InChI=1S/C25H27F3N6O/c1-33-16-30-23-20(14-29)32-19(13-21(23)33)17-4-5-22(18(12-17)25(26,27)28)35-11-10-34-9-8-31-24(15-34)6-2-3-7-24/h4-5,12-13,16,31H,2-3,6-11,15H2,1H3. The van der Waals surface area contributed by atoms with E-state index in [1.54, 1.807) is 30.1 Å². The molecule has 10 heteroatoms. The Morgan fingerprint density at radius 3 is 2.77 bits per heavy atom. The molecule has 7 nitrogen and oxygen atoms in total. The van der Waals surface area contributed by atoms with Crippen LogP contribution in [0, 0.1) is 11.3 Å². The molecule has 1 saturated heterocycles. The molecule has 1 aliphatic heterocycles. The monoisotopic (exact) mass is 484 g/mol. The fourth-order valence-electron chi connectivity index (χ4n) is 5.29. The van der Waals surface area contributed by atoms with Gasteiger partial charge in [0, 0.05) is 44.3 Å². The molecule has 1 N–H and O–H groups in total. The summed E-state index contributed by atoms with van der Waals surface area (Å²) in [7, 11) is 1.76. The van der Waals surface area contributed by atoms with Crippen molar-refractivity contribution in [2.45, 2.75) is 37.4 Å². The number of ether oxygens (including phenoxy) is 1. The lowest BCUT2D eigenvalue weighted by atomic mass is 9.94. The van der Waals surface area contributed by atoms with Gasteiger partial charge in [-0.3, -0.25) is 4.90 Å². The lowest BCUT2D eigenvalue weighted by Gasteiger charge is -2.41. The van der Waals surface area contributed by atoms with E-state index < -0.39 is 11.7 Å². The lowest BCUT2D eigenvalue weighted by molar-refractivity contribution is -0.138. The van der Waals surface area contributed by atoms with Gasteiger partial charge in [-0.15, -0.1) is 0 Å². The first-order valence-electron chi connectivity index (χ1n) is 11.8. The molecule has 1 saturated carbocycles. The molecule has 2 aromatic heterocycles. The summed E-state index contributed by atoms with van der Waals surface area (Å²) in [6.45, 7) is 3.41. The van der Waals surface area contributed by atoms with Crippen LogP contribution >= 0.6 is 0 Å². The molecule has 0 atom stereocenters. The van der Waals surface area contributed by atoms with Gasteiger partial charge in [-0.05, 0) is 37.1 Å². The van der Waals surface area contributed by atoms with Crippen LogP contribution in [0.1, 0.15) is 36.9 Å². The molecule has 184 valence electrons. The van der Waals surface area contributed by atoms with E-state index >= 15 is 0 Å². The van der Waals surface area contributed by atoms with Gasteiger partial charge in [0.15, 0.2) is 5.69 Å². The summed E-state index contributed by atoms with van der Waals surface area (Å²) in [5.74, 6) is -0.200. The molecule has 0 unspecified atom stereocenters. The Balaban J connectivity index is 1.36. The van der Waals surface area contributed by atoms with Gasteiger partial charge in [0.2, 0.25) is 0 Å². The zero-order valence-electron chi connectivity index (χ0n) is 19.5. The quantitative estimate of drug-likeness (QED) is 0.587. The normalized spacial score (nSPS) is 18.3. The summed E-state index contributed by atoms with van der Waals surface area (Å²) in [4.78, 5) is 10.7. The first kappa shape index (κ1) is 23.6. The van der Waals surface area contributed by atoms with Gasteiger partial charge in [-0.25, -0.2) is 9.97 Å². The minimum atomic E-state index is -4.59. The third-order valence-electron chi connectivity index (χ3n) is 7.08. The van der Waals surface area contributed by atoms with Gasteiger partial charge >= 0.3 is 6.18 Å². The van der Waals surface area contributed by atoms with Crippen LogP contribution in [0.2, 0.25) is 0 Å². The third-order valence-corrected chi connectivity index (χ3v) is 7.08. The van der Waals surface area contributed by atoms with Crippen molar-refractivity contribution in [3.63, 3.8) is 0 Å². The highest BCUT2D eigenvalue weighted by atomic mass is 19.4. The molecule has 1 aliphatic carbocycles. The van der Waals surface area contributed by atoms with Crippen molar-refractivity contribution in [2.75, 3.05) is 32.8 Å². The van der Waals surface area contributed by atoms with E-state index in [0.717, 1.165) is 38.5 Å². The van der Waals surface area contributed by atoms with E-state index in [2.05, 4.69) is 20.2 Å². The van der Waals surface area contributed by atoms with Gasteiger partial charge in [-0.2, -0.15) is 18.4 Å². The number of rotatable bonds is 5. The molecule has 3 aromatic rings. The maximum atomic E-state index is 14.0. The Hall–Kier alpha value is -3.16. The summed E-state index contributed by atoms with van der Waals surface area (Å²) in [5.41, 5.74) is 0.947. The second-order valence-electron chi connectivity index (χ2n) is 9.44. The first-order valence-corrected chi connectivity index (χ1v) is 11.8. The third kappa shape index (κ3) is 4.70. The number of alkyl halides is 3. The SMILES string of the molecule is Cn1cnc2c(C#N)nc(-c3ccc(OCCN4CCNC5(CCCC5)C4)c(C(F)(F)F)c3)cc21. The predicted molar refractivity (Wildman–Crippen MR) is 125 cm³/mol. The molecular weight excluding hydrogens is 457 g/mol. The zero-order valence-corrected chi connectivity index (χ0v) is 19.5. The molecule has 2 fully saturated rings. The molecular formula is C25H27F3N6O. The number of imidazole rings is 1. The molecule has 0 radical (unpaired) electrons. The number of piperazine rings is 1. The maximum Gasteiger partial charge on any atom is 0.419 e. The Kier molecular flexibility index (Phi) is 6.15. The second kappa shape index (κ2) is 9.13. The zero-order chi connectivity index (χ0) is 24.6. The van der Waals surface area contributed by atoms with Crippen LogP contribution < -0.4 is 10.1 Å². The summed E-state index contributed by atoms with van der Waals surface area (Å²) in [6.07, 6.45) is 1.69. The number of aromatic nitrogens is 3. The number of benzene rings is 1. The van der Waals surface area contributed by atoms with E-state index in [0.29, 0.717) is 17.6 Å². The predicted octanol–water partition coefficient (Wildman–Crippen LogP) is 4.12. The van der Waals surface area contributed by atoms with E-state index in [1.165, 1.54) is 18.9 Å². The Morgan fingerprint density at radius 2 is 2.03 bits per heavy atom. The summed E-state index contributed by atoms with van der Waals surface area (Å²) in [5, 5.41) is 13.1. The van der Waals surface area contributed by atoms with Crippen molar-refractivity contribution in [3.05, 3.63) is 41.9 Å². The van der Waals surface area contributed by atoms with Crippen molar-refractivity contribution in [3.8, 4) is 23.1 Å². The van der Waals surface area contributed by atoms with Crippen molar-refractivity contribution >= 4 is 11.0 Å². The number of fused-ring (bicyclic) bond motifs is 1. The van der Waals surface area contributed by atoms with E-state index in [4.69, 9.17) is 4.74 Å². The fraction of sp³-hybridized carbons (Fsp3) is 0.480. The van der Waals surface area contributed by atoms with Crippen molar-refractivity contribution < 1.29 is 17.9 Å². The van der Waals surface area contributed by atoms with Gasteiger partial charge in [0.05, 0.1) is 23.1 Å². The highest BCUT2D eigenvalue weighted by Crippen LogP contribution is 2.39. The molecule has 5 rings (SSSR count). The van der Waals surface area contributed by atoms with Crippen LogP contribution in [-0.2, 0) is 13.2 Å². The van der Waals surface area contributed by atoms with Crippen LogP contribution in [0.25, 0.3) is 22.3 Å². The second-order valence-corrected chi connectivity index (χ2v) is 9.44. The highest BCUT2D eigenvalue weighted by molar-refractivity contribution is 5.84. The topological polar surface area (TPSA) is 79.0 Å². The number of hydrogen-bond acceptors (Lipinski definition) is 6. The molecule has 2 aliphatic rings. The van der Waals surface area contributed by atoms with Crippen LogP contribution in [0.4, 0.5) is 13.2 Å². The average molecular weight is 485 g/mol. The molecule has 35 heavy (non-hydrogen) atoms. The number of nitriles is 1. The minimum absolute atomic E-state index is 0.0723. The van der Waals surface area contributed by atoms with Crippen LogP contribution in [0.5, 0.6) is 5.75 Å². The average Bonchev–Trinajstić information content (AvgIpc) is 3.44. The number of pyridine rings is 1. The van der Waals surface area contributed by atoms with Crippen molar-refractivity contribution in [2.24, 2.45) is 7.05 Å². The maximum absolute atomic E-state index is 14.0. The van der Waals surface area contributed by atoms with E-state index in [-0.39, 0.29) is 34.8 Å². The summed E-state index contributed by atoms with van der Waals surface area (Å²) < 4.78 is 49.2. The number of halogens is 3. The van der Waals surface area contributed by atoms with Crippen LogP contribution in [-0.4, -0.2) is 57.8 Å². The number of nitrogens with zero attached hydrogens (tertiary/aromatic N) is 5. The van der Waals surface area contributed by atoms with Crippen molar-refractivity contribution in [1.82, 2.24) is 24.8 Å². The number of hydrogen-bond donors (Lipinski definition) is 1. The fourth-order valence-corrected chi connectivity index (χ4v) is 5.29. The Bertz CT molecular complexity index is 1270. The van der Waals surface area contributed by atoms with E-state index in [9.17, 15) is 18.4 Å². The van der Waals surface area contributed by atoms with Crippen molar-refractivity contribution in [1.29, 1.82) is 5.26 Å². The summed E-state index contributed by atoms with van der Waals surface area (Å²) >= 11 is 0. The molecule has 0 amide bonds. The molecule has 0 bridgehead atoms. The van der Waals surface area contributed by atoms with Gasteiger partial charge < -0.3 is 14.6 Å². The smallest absolute Gasteiger partial charge is 0.419 e. The largest absolute Gasteiger partial charge is 0.492 e. The highest BCUT2D eigenvalue weighted by Gasteiger charge is 2.38. The summed E-state index contributed by atoms with van der Waals surface area (Å²) in [6, 6.07) is 7.56. The first-order chi connectivity index (χ1) is 16.8. The lowest BCUT2D eigenvalue weighted by Crippen LogP contribution is -2.59. The minimum Gasteiger partial charge on any atom is -0.492 e. The number of nitrogens with one attached hydrogen (secondary N) is 1. The Morgan fingerprint density at radius 1 is 1.23 bits per heavy atom. The van der Waals surface area contributed by atoms with Crippen LogP contribution in [0.15, 0.2) is 30.6 Å². The molecule has 1 spiro atoms. The van der Waals surface area contributed by atoms with E-state index in [1.807, 2.05) is 6.07 Å². The number of aryl methyl sites for hydroxylation is 1. The van der Waals surface area contributed by atoms with Gasteiger partial charge in [0.25, 0.3) is 0 Å². The Labute approximate surface area is 201 Å².